The van der Waals surface area contributed by atoms with Crippen LogP contribution in [0.1, 0.15) is 36.5 Å². The van der Waals surface area contributed by atoms with Gasteiger partial charge in [-0.15, -0.1) is 0 Å². The van der Waals surface area contributed by atoms with Gasteiger partial charge in [0.05, 0.1) is 0 Å². The van der Waals surface area contributed by atoms with Crippen LogP contribution < -0.4 is 4.74 Å². The van der Waals surface area contributed by atoms with E-state index in [9.17, 15) is 5.11 Å². The first kappa shape index (κ1) is 9.08. The SMILES string of the molecule is CC1Cc2cc(O)c3c(c2O1)CCCC3. The van der Waals surface area contributed by atoms with Crippen molar-refractivity contribution in [2.75, 3.05) is 0 Å². The van der Waals surface area contributed by atoms with Gasteiger partial charge in [0, 0.05) is 23.1 Å². The van der Waals surface area contributed by atoms with Crippen molar-refractivity contribution < 1.29 is 9.84 Å². The fourth-order valence-electron chi connectivity index (χ4n) is 2.80. The van der Waals surface area contributed by atoms with Crippen LogP contribution in [0.3, 0.4) is 0 Å². The zero-order valence-corrected chi connectivity index (χ0v) is 9.05. The number of phenols is 1. The molecule has 1 atom stereocenters. The lowest BCUT2D eigenvalue weighted by molar-refractivity contribution is 0.251. The lowest BCUT2D eigenvalue weighted by atomic mass is 9.88. The Hall–Kier alpha value is -1.18. The number of ether oxygens (including phenoxy) is 1. The summed E-state index contributed by atoms with van der Waals surface area (Å²) in [4.78, 5) is 0. The van der Waals surface area contributed by atoms with Gasteiger partial charge in [0.1, 0.15) is 17.6 Å². The summed E-state index contributed by atoms with van der Waals surface area (Å²) in [6.07, 6.45) is 5.70. The Kier molecular flexibility index (Phi) is 1.91. The van der Waals surface area contributed by atoms with Crippen molar-refractivity contribution >= 4 is 0 Å². The first-order chi connectivity index (χ1) is 7.25. The van der Waals surface area contributed by atoms with Gasteiger partial charge in [0.15, 0.2) is 0 Å². The van der Waals surface area contributed by atoms with Gasteiger partial charge in [0.25, 0.3) is 0 Å². The van der Waals surface area contributed by atoms with E-state index in [-0.39, 0.29) is 6.10 Å². The van der Waals surface area contributed by atoms with Crippen molar-refractivity contribution in [3.05, 3.63) is 22.8 Å². The Morgan fingerprint density at radius 2 is 2.00 bits per heavy atom. The molecule has 2 nitrogen and oxygen atoms in total. The predicted molar refractivity (Wildman–Crippen MR) is 58.5 cm³/mol. The van der Waals surface area contributed by atoms with Crippen molar-refractivity contribution in [1.82, 2.24) is 0 Å². The van der Waals surface area contributed by atoms with Crippen LogP contribution in [0.15, 0.2) is 6.07 Å². The maximum absolute atomic E-state index is 9.95. The summed E-state index contributed by atoms with van der Waals surface area (Å²) in [6, 6.07) is 1.91. The summed E-state index contributed by atoms with van der Waals surface area (Å²) < 4.78 is 5.85. The topological polar surface area (TPSA) is 29.5 Å². The predicted octanol–water partition coefficient (Wildman–Crippen LogP) is 2.59. The second-order valence-corrected chi connectivity index (χ2v) is 4.68. The van der Waals surface area contributed by atoms with Gasteiger partial charge in [-0.25, -0.2) is 0 Å². The first-order valence-corrected chi connectivity index (χ1v) is 5.79. The number of benzene rings is 1. The molecule has 0 saturated carbocycles. The highest BCUT2D eigenvalue weighted by atomic mass is 16.5. The molecular formula is C13H16O2. The number of rotatable bonds is 0. The molecule has 0 spiro atoms. The van der Waals surface area contributed by atoms with E-state index in [0.717, 1.165) is 30.6 Å². The minimum absolute atomic E-state index is 0.271. The maximum Gasteiger partial charge on any atom is 0.126 e. The second-order valence-electron chi connectivity index (χ2n) is 4.68. The third-order valence-electron chi connectivity index (χ3n) is 3.48. The number of phenolic OH excluding ortho intramolecular Hbond substituents is 1. The van der Waals surface area contributed by atoms with Gasteiger partial charge in [-0.3, -0.25) is 0 Å². The molecule has 0 aromatic heterocycles. The number of fused-ring (bicyclic) bond motifs is 3. The fourth-order valence-corrected chi connectivity index (χ4v) is 2.80. The molecule has 1 unspecified atom stereocenters. The molecule has 1 aromatic carbocycles. The monoisotopic (exact) mass is 204 g/mol. The van der Waals surface area contributed by atoms with Crippen LogP contribution in [0.25, 0.3) is 0 Å². The van der Waals surface area contributed by atoms with Gasteiger partial charge in [-0.1, -0.05) is 0 Å². The molecule has 0 fully saturated rings. The van der Waals surface area contributed by atoms with Crippen LogP contribution in [0, 0.1) is 0 Å². The van der Waals surface area contributed by atoms with E-state index in [1.165, 1.54) is 24.0 Å². The van der Waals surface area contributed by atoms with Crippen LogP contribution in [0.4, 0.5) is 0 Å². The van der Waals surface area contributed by atoms with E-state index in [1.54, 1.807) is 0 Å². The summed E-state index contributed by atoms with van der Waals surface area (Å²) in [5.74, 6) is 1.57. The molecule has 0 radical (unpaired) electrons. The Balaban J connectivity index is 2.17. The third kappa shape index (κ3) is 1.31. The molecule has 0 saturated heterocycles. The quantitative estimate of drug-likeness (QED) is 0.704. The van der Waals surface area contributed by atoms with E-state index >= 15 is 0 Å². The average Bonchev–Trinajstić information content (AvgIpc) is 2.59. The average molecular weight is 204 g/mol. The summed E-state index contributed by atoms with van der Waals surface area (Å²) in [7, 11) is 0. The highest BCUT2D eigenvalue weighted by molar-refractivity contribution is 5.55. The van der Waals surface area contributed by atoms with Crippen LogP contribution in [0.2, 0.25) is 0 Å². The van der Waals surface area contributed by atoms with Crippen molar-refractivity contribution in [2.45, 2.75) is 45.1 Å². The summed E-state index contributed by atoms with van der Waals surface area (Å²) in [6.45, 7) is 2.09. The molecule has 1 heterocycles. The molecule has 1 aliphatic heterocycles. The smallest absolute Gasteiger partial charge is 0.126 e. The van der Waals surface area contributed by atoms with Gasteiger partial charge < -0.3 is 9.84 Å². The number of hydrogen-bond acceptors (Lipinski definition) is 2. The molecule has 1 aliphatic carbocycles. The molecule has 1 N–H and O–H groups in total. The van der Waals surface area contributed by atoms with Crippen LogP contribution in [-0.4, -0.2) is 11.2 Å². The van der Waals surface area contributed by atoms with Crippen LogP contribution >= 0.6 is 0 Å². The molecule has 2 aliphatic rings. The Labute approximate surface area is 89.9 Å². The van der Waals surface area contributed by atoms with Gasteiger partial charge >= 0.3 is 0 Å². The van der Waals surface area contributed by atoms with Gasteiger partial charge in [0.2, 0.25) is 0 Å². The van der Waals surface area contributed by atoms with Gasteiger partial charge in [-0.2, -0.15) is 0 Å². The minimum atomic E-state index is 0.271. The van der Waals surface area contributed by atoms with Crippen molar-refractivity contribution in [3.8, 4) is 11.5 Å². The third-order valence-corrected chi connectivity index (χ3v) is 3.48. The maximum atomic E-state index is 9.95. The number of hydrogen-bond donors (Lipinski definition) is 1. The zero-order chi connectivity index (χ0) is 10.4. The Morgan fingerprint density at radius 3 is 2.80 bits per heavy atom. The summed E-state index contributed by atoms with van der Waals surface area (Å²) in [5.41, 5.74) is 3.61. The van der Waals surface area contributed by atoms with E-state index in [1.807, 2.05) is 6.07 Å². The van der Waals surface area contributed by atoms with Crippen molar-refractivity contribution in [1.29, 1.82) is 0 Å². The molecule has 80 valence electrons. The van der Waals surface area contributed by atoms with Crippen molar-refractivity contribution in [3.63, 3.8) is 0 Å². The standard InChI is InChI=1S/C13H16O2/c1-8-6-9-7-12(14)10-4-2-3-5-11(10)13(9)15-8/h7-8,14H,2-6H2,1H3. The minimum Gasteiger partial charge on any atom is -0.508 e. The molecule has 1 aromatic rings. The second kappa shape index (κ2) is 3.16. The Bertz CT molecular complexity index is 409. The molecule has 2 heteroatoms. The highest BCUT2D eigenvalue weighted by Gasteiger charge is 2.27. The zero-order valence-electron chi connectivity index (χ0n) is 9.05. The van der Waals surface area contributed by atoms with Crippen LogP contribution in [0.5, 0.6) is 11.5 Å². The van der Waals surface area contributed by atoms with E-state index < -0.39 is 0 Å². The van der Waals surface area contributed by atoms with Crippen LogP contribution in [-0.2, 0) is 19.3 Å². The van der Waals surface area contributed by atoms with Crippen molar-refractivity contribution in [2.24, 2.45) is 0 Å². The van der Waals surface area contributed by atoms with E-state index in [4.69, 9.17) is 4.74 Å². The summed E-state index contributed by atoms with van der Waals surface area (Å²) in [5, 5.41) is 9.95. The molecule has 3 rings (SSSR count). The van der Waals surface area contributed by atoms with E-state index in [0.29, 0.717) is 5.75 Å². The van der Waals surface area contributed by atoms with E-state index in [2.05, 4.69) is 6.92 Å². The van der Waals surface area contributed by atoms with Gasteiger partial charge in [-0.05, 0) is 38.7 Å². The lowest BCUT2D eigenvalue weighted by Crippen LogP contribution is -2.08. The summed E-state index contributed by atoms with van der Waals surface area (Å²) >= 11 is 0. The Morgan fingerprint density at radius 1 is 1.27 bits per heavy atom. The normalized spacial score (nSPS) is 23.1. The first-order valence-electron chi connectivity index (χ1n) is 5.79. The molecule has 0 bridgehead atoms. The molecular weight excluding hydrogens is 188 g/mol. The fraction of sp³-hybridized carbons (Fsp3) is 0.538. The highest BCUT2D eigenvalue weighted by Crippen LogP contribution is 2.42. The number of aromatic hydroxyl groups is 1. The molecule has 15 heavy (non-hydrogen) atoms. The molecule has 0 amide bonds. The largest absolute Gasteiger partial charge is 0.508 e. The lowest BCUT2D eigenvalue weighted by Gasteiger charge is -2.20.